The Balaban J connectivity index is 2.20. The zero-order chi connectivity index (χ0) is 14.2. The average Bonchev–Trinajstić information content (AvgIpc) is 2.76. The molecule has 4 heteroatoms. The van der Waals surface area contributed by atoms with Crippen molar-refractivity contribution in [1.29, 1.82) is 0 Å². The van der Waals surface area contributed by atoms with E-state index in [0.717, 1.165) is 24.7 Å². The van der Waals surface area contributed by atoms with Gasteiger partial charge in [-0.2, -0.15) is 0 Å². The molecule has 0 aromatic carbocycles. The number of hydrogen-bond donors (Lipinski definition) is 0. The fourth-order valence-electron chi connectivity index (χ4n) is 2.52. The molecule has 1 saturated heterocycles. The van der Waals surface area contributed by atoms with Gasteiger partial charge < -0.3 is 4.90 Å². The highest BCUT2D eigenvalue weighted by Gasteiger charge is 2.32. The second kappa shape index (κ2) is 5.28. The van der Waals surface area contributed by atoms with Crippen molar-refractivity contribution in [1.82, 2.24) is 9.97 Å². The van der Waals surface area contributed by atoms with E-state index in [1.807, 2.05) is 6.07 Å². The van der Waals surface area contributed by atoms with Gasteiger partial charge in [0.2, 0.25) is 0 Å². The van der Waals surface area contributed by atoms with Crippen LogP contribution in [0.1, 0.15) is 52.8 Å². The maximum absolute atomic E-state index is 6.12. The molecule has 0 bridgehead atoms. The van der Waals surface area contributed by atoms with Crippen LogP contribution in [0.2, 0.25) is 5.15 Å². The smallest absolute Gasteiger partial charge is 0.135 e. The van der Waals surface area contributed by atoms with Gasteiger partial charge in [0.1, 0.15) is 16.8 Å². The van der Waals surface area contributed by atoms with Crippen LogP contribution in [0.25, 0.3) is 0 Å². The molecule has 0 aliphatic carbocycles. The molecule has 0 spiro atoms. The molecular weight excluding hydrogens is 258 g/mol. The standard InChI is InChI=1S/C15H24ClN3/c1-10(2)14-17-12(16)8-13(18-14)19-7-6-11(9-19)15(3,4)5/h8,10-11H,6-7,9H2,1-5H3. The number of rotatable bonds is 2. The molecule has 0 saturated carbocycles. The number of anilines is 1. The first-order valence-electron chi connectivity index (χ1n) is 7.07. The van der Waals surface area contributed by atoms with Crippen LogP contribution in [0.3, 0.4) is 0 Å². The monoisotopic (exact) mass is 281 g/mol. The normalized spacial score (nSPS) is 20.4. The third-order valence-electron chi connectivity index (χ3n) is 3.95. The zero-order valence-electron chi connectivity index (χ0n) is 12.6. The summed E-state index contributed by atoms with van der Waals surface area (Å²) in [4.78, 5) is 11.3. The van der Waals surface area contributed by atoms with E-state index >= 15 is 0 Å². The van der Waals surface area contributed by atoms with E-state index < -0.39 is 0 Å². The van der Waals surface area contributed by atoms with Crippen LogP contribution in [-0.2, 0) is 0 Å². The van der Waals surface area contributed by atoms with E-state index in [1.54, 1.807) is 0 Å². The Morgan fingerprint density at radius 3 is 2.53 bits per heavy atom. The molecule has 0 radical (unpaired) electrons. The molecule has 0 amide bonds. The Bertz CT molecular complexity index is 451. The van der Waals surface area contributed by atoms with Gasteiger partial charge in [-0.05, 0) is 17.8 Å². The summed E-state index contributed by atoms with van der Waals surface area (Å²) in [6.45, 7) is 13.3. The summed E-state index contributed by atoms with van der Waals surface area (Å²) >= 11 is 6.12. The quantitative estimate of drug-likeness (QED) is 0.764. The summed E-state index contributed by atoms with van der Waals surface area (Å²) in [5, 5.41) is 0.549. The molecule has 106 valence electrons. The predicted molar refractivity (Wildman–Crippen MR) is 80.9 cm³/mol. The summed E-state index contributed by atoms with van der Waals surface area (Å²) in [6, 6.07) is 1.89. The third kappa shape index (κ3) is 3.38. The van der Waals surface area contributed by atoms with Crippen LogP contribution >= 0.6 is 11.6 Å². The lowest BCUT2D eigenvalue weighted by atomic mass is 9.80. The number of aromatic nitrogens is 2. The summed E-state index contributed by atoms with van der Waals surface area (Å²) in [5.74, 6) is 2.83. The van der Waals surface area contributed by atoms with Crippen LogP contribution in [0.5, 0.6) is 0 Å². The van der Waals surface area contributed by atoms with Gasteiger partial charge in [0.05, 0.1) is 0 Å². The van der Waals surface area contributed by atoms with E-state index in [9.17, 15) is 0 Å². The summed E-state index contributed by atoms with van der Waals surface area (Å²) in [6.07, 6.45) is 1.22. The molecule has 1 unspecified atom stereocenters. The summed E-state index contributed by atoms with van der Waals surface area (Å²) in [5.41, 5.74) is 0.354. The first-order valence-corrected chi connectivity index (χ1v) is 7.44. The molecule has 1 aromatic heterocycles. The molecule has 0 N–H and O–H groups in total. The Labute approximate surface area is 121 Å². The van der Waals surface area contributed by atoms with Crippen LogP contribution in [0, 0.1) is 11.3 Å². The molecule has 2 rings (SSSR count). The summed E-state index contributed by atoms with van der Waals surface area (Å²) < 4.78 is 0. The van der Waals surface area contributed by atoms with E-state index in [0.29, 0.717) is 22.4 Å². The molecule has 1 atom stereocenters. The highest BCUT2D eigenvalue weighted by atomic mass is 35.5. The molecule has 1 aliphatic heterocycles. The molecular formula is C15H24ClN3. The van der Waals surface area contributed by atoms with Gasteiger partial charge in [-0.3, -0.25) is 0 Å². The van der Waals surface area contributed by atoms with Crippen LogP contribution in [-0.4, -0.2) is 23.1 Å². The predicted octanol–water partition coefficient (Wildman–Crippen LogP) is 4.13. The minimum atomic E-state index is 0.304. The van der Waals surface area contributed by atoms with Crippen LogP contribution < -0.4 is 4.90 Å². The van der Waals surface area contributed by atoms with Crippen molar-refractivity contribution in [2.45, 2.75) is 47.0 Å². The fourth-order valence-corrected chi connectivity index (χ4v) is 2.70. The fraction of sp³-hybridized carbons (Fsp3) is 0.733. The Morgan fingerprint density at radius 1 is 1.32 bits per heavy atom. The van der Waals surface area contributed by atoms with Crippen molar-refractivity contribution in [3.63, 3.8) is 0 Å². The van der Waals surface area contributed by atoms with Gasteiger partial charge >= 0.3 is 0 Å². The minimum absolute atomic E-state index is 0.304. The maximum Gasteiger partial charge on any atom is 0.135 e. The van der Waals surface area contributed by atoms with Crippen molar-refractivity contribution in [2.75, 3.05) is 18.0 Å². The van der Waals surface area contributed by atoms with Gasteiger partial charge in [-0.25, -0.2) is 9.97 Å². The lowest BCUT2D eigenvalue weighted by Crippen LogP contribution is -2.26. The molecule has 1 aliphatic rings. The molecule has 1 aromatic rings. The van der Waals surface area contributed by atoms with Crippen LogP contribution in [0.4, 0.5) is 5.82 Å². The topological polar surface area (TPSA) is 29.0 Å². The van der Waals surface area contributed by atoms with Gasteiger partial charge in [-0.15, -0.1) is 0 Å². The first-order chi connectivity index (χ1) is 8.77. The zero-order valence-corrected chi connectivity index (χ0v) is 13.3. The Hall–Kier alpha value is -0.830. The molecule has 1 fully saturated rings. The Kier molecular flexibility index (Phi) is 4.05. The van der Waals surface area contributed by atoms with Crippen molar-refractivity contribution in [3.8, 4) is 0 Å². The van der Waals surface area contributed by atoms with Crippen molar-refractivity contribution >= 4 is 17.4 Å². The lowest BCUT2D eigenvalue weighted by molar-refractivity contribution is 0.263. The van der Waals surface area contributed by atoms with E-state index in [4.69, 9.17) is 11.6 Å². The van der Waals surface area contributed by atoms with Crippen molar-refractivity contribution in [2.24, 2.45) is 11.3 Å². The van der Waals surface area contributed by atoms with Gasteiger partial charge in [0, 0.05) is 25.1 Å². The number of nitrogens with zero attached hydrogens (tertiary/aromatic N) is 3. The van der Waals surface area contributed by atoms with E-state index in [-0.39, 0.29) is 0 Å². The minimum Gasteiger partial charge on any atom is -0.356 e. The lowest BCUT2D eigenvalue weighted by Gasteiger charge is -2.27. The number of halogens is 1. The highest BCUT2D eigenvalue weighted by Crippen LogP contribution is 2.35. The van der Waals surface area contributed by atoms with Gasteiger partial charge in [-0.1, -0.05) is 46.2 Å². The molecule has 3 nitrogen and oxygen atoms in total. The van der Waals surface area contributed by atoms with Gasteiger partial charge in [0.15, 0.2) is 0 Å². The highest BCUT2D eigenvalue weighted by molar-refractivity contribution is 6.29. The molecule has 2 heterocycles. The first kappa shape index (κ1) is 14.6. The average molecular weight is 282 g/mol. The van der Waals surface area contributed by atoms with E-state index in [2.05, 4.69) is 49.5 Å². The van der Waals surface area contributed by atoms with Crippen molar-refractivity contribution in [3.05, 3.63) is 17.0 Å². The van der Waals surface area contributed by atoms with Gasteiger partial charge in [0.25, 0.3) is 0 Å². The summed E-state index contributed by atoms with van der Waals surface area (Å²) in [7, 11) is 0. The third-order valence-corrected chi connectivity index (χ3v) is 4.15. The number of hydrogen-bond acceptors (Lipinski definition) is 3. The Morgan fingerprint density at radius 2 is 2.00 bits per heavy atom. The second-order valence-corrected chi connectivity index (χ2v) is 7.25. The SMILES string of the molecule is CC(C)c1nc(Cl)cc(N2CCC(C(C)(C)C)C2)n1. The van der Waals surface area contributed by atoms with E-state index in [1.165, 1.54) is 6.42 Å². The second-order valence-electron chi connectivity index (χ2n) is 6.86. The maximum atomic E-state index is 6.12. The molecule has 19 heavy (non-hydrogen) atoms. The largest absolute Gasteiger partial charge is 0.356 e. The van der Waals surface area contributed by atoms with Crippen LogP contribution in [0.15, 0.2) is 6.07 Å². The van der Waals surface area contributed by atoms with Crippen molar-refractivity contribution < 1.29 is 0 Å².